The molecule has 0 spiro atoms. The van der Waals surface area contributed by atoms with Crippen LogP contribution in [-0.2, 0) is 23.1 Å². The van der Waals surface area contributed by atoms with E-state index in [1.807, 2.05) is 18.5 Å². The molecule has 0 bridgehead atoms. The van der Waals surface area contributed by atoms with Gasteiger partial charge >= 0.3 is 0 Å². The monoisotopic (exact) mass is 535 g/mol. The summed E-state index contributed by atoms with van der Waals surface area (Å²) in [5.74, 6) is 2.63. The predicted molar refractivity (Wildman–Crippen MR) is 128 cm³/mol. The van der Waals surface area contributed by atoms with Gasteiger partial charge in [0, 0.05) is 46.9 Å². The Bertz CT molecular complexity index is 658. The minimum atomic E-state index is 0. The van der Waals surface area contributed by atoms with Crippen molar-refractivity contribution in [1.29, 1.82) is 0 Å². The third-order valence-corrected chi connectivity index (χ3v) is 6.03. The van der Waals surface area contributed by atoms with Crippen LogP contribution < -0.4 is 10.6 Å². The molecule has 2 aliphatic rings. The van der Waals surface area contributed by atoms with Gasteiger partial charge in [0.15, 0.2) is 11.8 Å². The standard InChI is InChI=1S/C20H37N7O2.HI/c1-17-24-25-18(26(17)2)15-22-19(23-16-20(5-6-20)7-12-28-3)21-8-4-9-27-10-13-29-14-11-27;/h4-16H2,1-3H3,(H2,21,22,23);1H. The van der Waals surface area contributed by atoms with Crippen molar-refractivity contribution in [2.45, 2.75) is 39.2 Å². The minimum Gasteiger partial charge on any atom is -0.385 e. The van der Waals surface area contributed by atoms with Crippen molar-refractivity contribution >= 4 is 29.9 Å². The van der Waals surface area contributed by atoms with E-state index in [4.69, 9.17) is 14.5 Å². The Labute approximate surface area is 197 Å². The molecule has 1 saturated heterocycles. The summed E-state index contributed by atoms with van der Waals surface area (Å²) in [7, 11) is 3.75. The Hall–Kier alpha value is -0.980. The van der Waals surface area contributed by atoms with E-state index in [2.05, 4.69) is 25.7 Å². The normalized spacial score (nSPS) is 18.7. The molecule has 3 rings (SSSR count). The van der Waals surface area contributed by atoms with Crippen LogP contribution in [0.2, 0.25) is 0 Å². The van der Waals surface area contributed by atoms with Gasteiger partial charge in [-0.1, -0.05) is 0 Å². The van der Waals surface area contributed by atoms with Crippen molar-refractivity contribution in [2.75, 3.05) is 59.7 Å². The fourth-order valence-electron chi connectivity index (χ4n) is 3.53. The minimum absolute atomic E-state index is 0. The Morgan fingerprint density at radius 3 is 2.63 bits per heavy atom. The van der Waals surface area contributed by atoms with E-state index in [0.29, 0.717) is 12.0 Å². The number of aliphatic imine (C=N–C) groups is 1. The fraction of sp³-hybridized carbons (Fsp3) is 0.850. The van der Waals surface area contributed by atoms with Gasteiger partial charge in [0.1, 0.15) is 12.4 Å². The molecule has 2 heterocycles. The number of guanidine groups is 1. The first-order valence-electron chi connectivity index (χ1n) is 10.8. The molecule has 10 heteroatoms. The topological polar surface area (TPSA) is 88.8 Å². The van der Waals surface area contributed by atoms with Crippen molar-refractivity contribution in [3.8, 4) is 0 Å². The maximum absolute atomic E-state index is 5.42. The summed E-state index contributed by atoms with van der Waals surface area (Å²) in [5, 5.41) is 15.4. The number of ether oxygens (including phenoxy) is 2. The fourth-order valence-corrected chi connectivity index (χ4v) is 3.53. The van der Waals surface area contributed by atoms with Crippen LogP contribution in [0.3, 0.4) is 0 Å². The highest BCUT2D eigenvalue weighted by atomic mass is 127. The average molecular weight is 535 g/mol. The third-order valence-electron chi connectivity index (χ3n) is 6.03. The Morgan fingerprint density at radius 1 is 1.23 bits per heavy atom. The number of aromatic nitrogens is 3. The van der Waals surface area contributed by atoms with Crippen LogP contribution in [0.25, 0.3) is 0 Å². The molecule has 1 saturated carbocycles. The van der Waals surface area contributed by atoms with Crippen LogP contribution in [0, 0.1) is 12.3 Å². The molecule has 172 valence electrons. The number of morpholine rings is 1. The molecule has 9 nitrogen and oxygen atoms in total. The second-order valence-electron chi connectivity index (χ2n) is 8.22. The Kier molecular flexibility index (Phi) is 10.8. The molecule has 2 fully saturated rings. The van der Waals surface area contributed by atoms with Gasteiger partial charge in [-0.2, -0.15) is 0 Å². The van der Waals surface area contributed by atoms with E-state index in [1.165, 1.54) is 12.8 Å². The van der Waals surface area contributed by atoms with Gasteiger partial charge in [-0.3, -0.25) is 4.90 Å². The summed E-state index contributed by atoms with van der Waals surface area (Å²) in [4.78, 5) is 7.23. The van der Waals surface area contributed by atoms with Crippen LogP contribution in [-0.4, -0.2) is 85.3 Å². The number of methoxy groups -OCH3 is 1. The Morgan fingerprint density at radius 2 is 2.00 bits per heavy atom. The van der Waals surface area contributed by atoms with Gasteiger partial charge in [-0.15, -0.1) is 34.2 Å². The second kappa shape index (κ2) is 12.8. The molecule has 1 aromatic rings. The lowest BCUT2D eigenvalue weighted by atomic mass is 10.0. The summed E-state index contributed by atoms with van der Waals surface area (Å²) >= 11 is 0. The number of halogens is 1. The largest absolute Gasteiger partial charge is 0.385 e. The van der Waals surface area contributed by atoms with E-state index >= 15 is 0 Å². The SMILES string of the molecule is COCCC1(CNC(=NCc2nnc(C)n2C)NCCCN2CCOCC2)CC1.I. The molecular weight excluding hydrogens is 497 g/mol. The molecule has 30 heavy (non-hydrogen) atoms. The van der Waals surface area contributed by atoms with Crippen LogP contribution >= 0.6 is 24.0 Å². The molecule has 2 N–H and O–H groups in total. The summed E-state index contributed by atoms with van der Waals surface area (Å²) in [6, 6.07) is 0. The summed E-state index contributed by atoms with van der Waals surface area (Å²) < 4.78 is 12.7. The first-order chi connectivity index (χ1) is 14.1. The number of aryl methyl sites for hydroxylation is 1. The zero-order valence-electron chi connectivity index (χ0n) is 18.7. The number of hydrogen-bond acceptors (Lipinski definition) is 6. The zero-order chi connectivity index (χ0) is 20.5. The zero-order valence-corrected chi connectivity index (χ0v) is 21.0. The third kappa shape index (κ3) is 7.93. The van der Waals surface area contributed by atoms with Gasteiger partial charge in [0.2, 0.25) is 0 Å². The summed E-state index contributed by atoms with van der Waals surface area (Å²) in [6.07, 6.45) is 4.70. The molecule has 0 amide bonds. The van der Waals surface area contributed by atoms with Gasteiger partial charge in [-0.05, 0) is 44.6 Å². The molecule has 0 atom stereocenters. The van der Waals surface area contributed by atoms with Crippen molar-refractivity contribution in [3.05, 3.63) is 11.6 Å². The number of nitrogens with zero attached hydrogens (tertiary/aromatic N) is 5. The lowest BCUT2D eigenvalue weighted by molar-refractivity contribution is 0.0376. The first-order valence-corrected chi connectivity index (χ1v) is 10.8. The van der Waals surface area contributed by atoms with Gasteiger partial charge in [0.25, 0.3) is 0 Å². The summed E-state index contributed by atoms with van der Waals surface area (Å²) in [5.41, 5.74) is 0.369. The van der Waals surface area contributed by atoms with Crippen molar-refractivity contribution in [1.82, 2.24) is 30.3 Å². The quantitative estimate of drug-likeness (QED) is 0.191. The van der Waals surface area contributed by atoms with E-state index in [1.54, 1.807) is 7.11 Å². The van der Waals surface area contributed by atoms with Crippen LogP contribution in [0.5, 0.6) is 0 Å². The summed E-state index contributed by atoms with van der Waals surface area (Å²) in [6.45, 7) is 9.97. The smallest absolute Gasteiger partial charge is 0.191 e. The van der Waals surface area contributed by atoms with Gasteiger partial charge < -0.3 is 24.7 Å². The van der Waals surface area contributed by atoms with Crippen molar-refractivity contribution < 1.29 is 9.47 Å². The predicted octanol–water partition coefficient (Wildman–Crippen LogP) is 1.32. The van der Waals surface area contributed by atoms with Crippen molar-refractivity contribution in [2.24, 2.45) is 17.5 Å². The molecule has 1 aromatic heterocycles. The number of nitrogens with one attached hydrogen (secondary N) is 2. The second-order valence-corrected chi connectivity index (χ2v) is 8.22. The highest BCUT2D eigenvalue weighted by Gasteiger charge is 2.41. The Balaban J connectivity index is 0.00000320. The number of hydrogen-bond donors (Lipinski definition) is 2. The highest BCUT2D eigenvalue weighted by molar-refractivity contribution is 14.0. The molecule has 1 aliphatic carbocycles. The number of rotatable bonds is 11. The van der Waals surface area contributed by atoms with Crippen LogP contribution in [0.1, 0.15) is 37.3 Å². The highest BCUT2D eigenvalue weighted by Crippen LogP contribution is 2.48. The molecule has 0 radical (unpaired) electrons. The average Bonchev–Trinajstić information content (AvgIpc) is 3.45. The maximum atomic E-state index is 5.42. The van der Waals surface area contributed by atoms with E-state index in [-0.39, 0.29) is 24.0 Å². The van der Waals surface area contributed by atoms with Gasteiger partial charge in [-0.25, -0.2) is 4.99 Å². The van der Waals surface area contributed by atoms with Crippen molar-refractivity contribution in [3.63, 3.8) is 0 Å². The molecule has 0 aromatic carbocycles. The maximum Gasteiger partial charge on any atom is 0.191 e. The van der Waals surface area contributed by atoms with E-state index < -0.39 is 0 Å². The molecule has 0 unspecified atom stereocenters. The molecular formula is C20H38IN7O2. The van der Waals surface area contributed by atoms with Crippen LogP contribution in [0.15, 0.2) is 4.99 Å². The first kappa shape index (κ1) is 25.3. The lowest BCUT2D eigenvalue weighted by Gasteiger charge is -2.26. The lowest BCUT2D eigenvalue weighted by Crippen LogP contribution is -2.42. The van der Waals surface area contributed by atoms with E-state index in [9.17, 15) is 0 Å². The van der Waals surface area contributed by atoms with Gasteiger partial charge in [0.05, 0.1) is 13.2 Å². The van der Waals surface area contributed by atoms with Crippen LogP contribution in [0.4, 0.5) is 0 Å². The molecule has 1 aliphatic heterocycles. The van der Waals surface area contributed by atoms with E-state index in [0.717, 1.165) is 83.0 Å².